The van der Waals surface area contributed by atoms with Crippen molar-refractivity contribution in [2.75, 3.05) is 6.61 Å². The fourth-order valence-electron chi connectivity index (χ4n) is 1.78. The van der Waals surface area contributed by atoms with Gasteiger partial charge in [-0.2, -0.15) is 0 Å². The van der Waals surface area contributed by atoms with E-state index in [1.165, 1.54) is 4.57 Å². The molecule has 3 nitrogen and oxygen atoms in total. The van der Waals surface area contributed by atoms with Gasteiger partial charge in [0.15, 0.2) is 0 Å². The summed E-state index contributed by atoms with van der Waals surface area (Å²) in [5, 5.41) is 0. The second kappa shape index (κ2) is 4.87. The Morgan fingerprint density at radius 1 is 1.24 bits per heavy atom. The Labute approximate surface area is 101 Å². The zero-order valence-electron chi connectivity index (χ0n) is 10.0. The number of hydrogen-bond acceptors (Lipinski definition) is 2. The summed E-state index contributed by atoms with van der Waals surface area (Å²) in [6, 6.07) is 9.99. The third-order valence-electron chi connectivity index (χ3n) is 2.59. The number of benzene rings is 1. The molecule has 0 spiro atoms. The van der Waals surface area contributed by atoms with Crippen molar-refractivity contribution in [3.8, 4) is 11.1 Å². The lowest BCUT2D eigenvalue weighted by Crippen LogP contribution is -2.10. The van der Waals surface area contributed by atoms with Gasteiger partial charge in [-0.1, -0.05) is 30.3 Å². The molecule has 1 heterocycles. The molecule has 0 saturated carbocycles. The molecule has 0 unspecified atom stereocenters. The fourth-order valence-corrected chi connectivity index (χ4v) is 1.78. The van der Waals surface area contributed by atoms with Crippen LogP contribution in [0.1, 0.15) is 12.5 Å². The van der Waals surface area contributed by atoms with Gasteiger partial charge in [0, 0.05) is 18.0 Å². The lowest BCUT2D eigenvalue weighted by molar-refractivity contribution is 0.154. The van der Waals surface area contributed by atoms with Gasteiger partial charge in [-0.05, 0) is 25.0 Å². The molecule has 0 aliphatic heterocycles. The third-order valence-corrected chi connectivity index (χ3v) is 2.59. The second-order valence-electron chi connectivity index (χ2n) is 3.83. The molecule has 0 radical (unpaired) electrons. The molecule has 1 aromatic heterocycles. The van der Waals surface area contributed by atoms with Gasteiger partial charge in [0.05, 0.1) is 6.61 Å². The van der Waals surface area contributed by atoms with E-state index in [-0.39, 0.29) is 6.09 Å². The molecule has 88 valence electrons. The normalized spacial score (nSPS) is 10.2. The predicted molar refractivity (Wildman–Crippen MR) is 67.0 cm³/mol. The topological polar surface area (TPSA) is 31.2 Å². The van der Waals surface area contributed by atoms with Crippen LogP contribution in [0.3, 0.4) is 0 Å². The van der Waals surface area contributed by atoms with E-state index >= 15 is 0 Å². The summed E-state index contributed by atoms with van der Waals surface area (Å²) in [7, 11) is 0. The first-order chi connectivity index (χ1) is 8.22. The highest BCUT2D eigenvalue weighted by molar-refractivity contribution is 5.75. The number of ether oxygens (including phenoxy) is 1. The van der Waals surface area contributed by atoms with Crippen molar-refractivity contribution >= 4 is 6.09 Å². The van der Waals surface area contributed by atoms with Gasteiger partial charge in [0.1, 0.15) is 0 Å². The van der Waals surface area contributed by atoms with E-state index in [2.05, 4.69) is 0 Å². The molecule has 17 heavy (non-hydrogen) atoms. The molecule has 0 N–H and O–H groups in total. The minimum absolute atomic E-state index is 0.335. The number of rotatable bonds is 2. The van der Waals surface area contributed by atoms with Crippen molar-refractivity contribution in [3.63, 3.8) is 0 Å². The first-order valence-corrected chi connectivity index (χ1v) is 5.63. The average molecular weight is 229 g/mol. The molecule has 0 fully saturated rings. The van der Waals surface area contributed by atoms with E-state index in [9.17, 15) is 4.79 Å². The van der Waals surface area contributed by atoms with Gasteiger partial charge in [-0.25, -0.2) is 4.79 Å². The van der Waals surface area contributed by atoms with Crippen molar-refractivity contribution in [1.82, 2.24) is 4.57 Å². The lowest BCUT2D eigenvalue weighted by atomic mass is 10.1. The van der Waals surface area contributed by atoms with E-state index in [4.69, 9.17) is 4.74 Å². The van der Waals surface area contributed by atoms with Crippen LogP contribution in [0.4, 0.5) is 4.79 Å². The van der Waals surface area contributed by atoms with Crippen LogP contribution in [-0.2, 0) is 4.74 Å². The Hall–Kier alpha value is -2.03. The van der Waals surface area contributed by atoms with Crippen molar-refractivity contribution in [2.45, 2.75) is 13.8 Å². The zero-order chi connectivity index (χ0) is 12.3. The average Bonchev–Trinajstić information content (AvgIpc) is 2.73. The fraction of sp³-hybridized carbons (Fsp3) is 0.214. The lowest BCUT2D eigenvalue weighted by Gasteiger charge is -2.01. The Bertz CT molecular complexity index is 514. The Morgan fingerprint density at radius 2 is 1.94 bits per heavy atom. The van der Waals surface area contributed by atoms with Crippen LogP contribution in [0.15, 0.2) is 42.7 Å². The summed E-state index contributed by atoms with van der Waals surface area (Å²) >= 11 is 0. The third kappa shape index (κ3) is 2.38. The molecular formula is C14H15NO2. The quantitative estimate of drug-likeness (QED) is 0.789. The number of nitrogens with zero attached hydrogens (tertiary/aromatic N) is 1. The first-order valence-electron chi connectivity index (χ1n) is 5.63. The highest BCUT2D eigenvalue weighted by atomic mass is 16.5. The van der Waals surface area contributed by atoms with Gasteiger partial charge in [0.25, 0.3) is 0 Å². The SMILES string of the molecule is CCOC(=O)n1cc(C)c(-c2ccccc2)c1. The Morgan fingerprint density at radius 3 is 2.59 bits per heavy atom. The molecule has 2 aromatic rings. The van der Waals surface area contributed by atoms with Crippen molar-refractivity contribution < 1.29 is 9.53 Å². The smallest absolute Gasteiger partial charge is 0.417 e. The zero-order valence-corrected chi connectivity index (χ0v) is 10.0. The molecule has 0 amide bonds. The standard InChI is InChI=1S/C14H15NO2/c1-3-17-14(16)15-9-11(2)13(10-15)12-7-5-4-6-8-12/h4-10H,3H2,1-2H3. The van der Waals surface area contributed by atoms with Crippen LogP contribution >= 0.6 is 0 Å². The molecule has 0 bridgehead atoms. The van der Waals surface area contributed by atoms with Crippen molar-refractivity contribution in [3.05, 3.63) is 48.3 Å². The molecule has 1 aromatic carbocycles. The van der Waals surface area contributed by atoms with Crippen LogP contribution in [0.2, 0.25) is 0 Å². The minimum Gasteiger partial charge on any atom is -0.449 e. The van der Waals surface area contributed by atoms with E-state index in [0.29, 0.717) is 6.61 Å². The van der Waals surface area contributed by atoms with Crippen molar-refractivity contribution in [1.29, 1.82) is 0 Å². The van der Waals surface area contributed by atoms with Gasteiger partial charge < -0.3 is 4.74 Å². The van der Waals surface area contributed by atoms with E-state index in [1.807, 2.05) is 43.5 Å². The van der Waals surface area contributed by atoms with Crippen LogP contribution < -0.4 is 0 Å². The molecule has 0 saturated heterocycles. The predicted octanol–water partition coefficient (Wildman–Crippen LogP) is 3.47. The number of carbonyl (C=O) groups excluding carboxylic acids is 1. The molecule has 0 atom stereocenters. The first kappa shape index (κ1) is 11.5. The summed E-state index contributed by atoms with van der Waals surface area (Å²) in [6.07, 6.45) is 3.26. The van der Waals surface area contributed by atoms with Gasteiger partial charge >= 0.3 is 6.09 Å². The maximum Gasteiger partial charge on any atom is 0.417 e. The van der Waals surface area contributed by atoms with E-state index in [0.717, 1.165) is 16.7 Å². The number of carbonyl (C=O) groups is 1. The second-order valence-corrected chi connectivity index (χ2v) is 3.83. The van der Waals surface area contributed by atoms with Gasteiger partial charge in [-0.15, -0.1) is 0 Å². The maximum atomic E-state index is 11.6. The van der Waals surface area contributed by atoms with E-state index in [1.54, 1.807) is 13.1 Å². The highest BCUT2D eigenvalue weighted by Gasteiger charge is 2.10. The van der Waals surface area contributed by atoms with E-state index < -0.39 is 0 Å². The number of hydrogen-bond donors (Lipinski definition) is 0. The maximum absolute atomic E-state index is 11.6. The highest BCUT2D eigenvalue weighted by Crippen LogP contribution is 2.23. The van der Waals surface area contributed by atoms with Gasteiger partial charge in [0.2, 0.25) is 0 Å². The van der Waals surface area contributed by atoms with Crippen LogP contribution in [0, 0.1) is 6.92 Å². The minimum atomic E-state index is -0.335. The van der Waals surface area contributed by atoms with Crippen LogP contribution in [0.25, 0.3) is 11.1 Å². The number of aromatic nitrogens is 1. The summed E-state index contributed by atoms with van der Waals surface area (Å²) in [5.74, 6) is 0. The monoisotopic (exact) mass is 229 g/mol. The molecule has 2 rings (SSSR count). The molecule has 3 heteroatoms. The summed E-state index contributed by atoms with van der Waals surface area (Å²) < 4.78 is 6.44. The summed E-state index contributed by atoms with van der Waals surface area (Å²) in [5.41, 5.74) is 3.22. The molecule has 0 aliphatic carbocycles. The summed E-state index contributed by atoms with van der Waals surface area (Å²) in [4.78, 5) is 11.6. The molecular weight excluding hydrogens is 214 g/mol. The summed E-state index contributed by atoms with van der Waals surface area (Å²) in [6.45, 7) is 4.17. The van der Waals surface area contributed by atoms with Crippen LogP contribution in [0.5, 0.6) is 0 Å². The number of aryl methyl sites for hydroxylation is 1. The van der Waals surface area contributed by atoms with Crippen molar-refractivity contribution in [2.24, 2.45) is 0 Å². The largest absolute Gasteiger partial charge is 0.449 e. The van der Waals surface area contributed by atoms with Crippen LogP contribution in [-0.4, -0.2) is 17.3 Å². The molecule has 0 aliphatic rings. The van der Waals surface area contributed by atoms with Gasteiger partial charge in [-0.3, -0.25) is 4.57 Å². The Balaban J connectivity index is 2.35. The Kier molecular flexibility index (Phi) is 3.28.